The molecule has 0 saturated carbocycles. The van der Waals surface area contributed by atoms with E-state index in [0.717, 1.165) is 11.4 Å². The van der Waals surface area contributed by atoms with Gasteiger partial charge in [0.15, 0.2) is 0 Å². The largest absolute Gasteiger partial charge is 0.334 e. The number of carbonyl (C=O) groups excluding carboxylic acids is 1. The van der Waals surface area contributed by atoms with Crippen molar-refractivity contribution in [3.05, 3.63) is 45.7 Å². The molecule has 0 fully saturated rings. The second kappa shape index (κ2) is 7.79. The van der Waals surface area contributed by atoms with Crippen molar-refractivity contribution in [1.29, 1.82) is 0 Å². The summed E-state index contributed by atoms with van der Waals surface area (Å²) in [5, 5.41) is 15.8. The topological polar surface area (TPSA) is 104 Å². The van der Waals surface area contributed by atoms with Gasteiger partial charge in [-0.2, -0.15) is 5.10 Å². The molecule has 0 saturated heterocycles. The molecule has 142 valence electrons. The normalized spacial score (nSPS) is 12.2. The third-order valence-corrected chi connectivity index (χ3v) is 5.58. The van der Waals surface area contributed by atoms with Crippen LogP contribution >= 0.6 is 35.0 Å². The first-order valence-corrected chi connectivity index (χ1v) is 9.57. The van der Waals surface area contributed by atoms with Crippen LogP contribution in [0.5, 0.6) is 0 Å². The third kappa shape index (κ3) is 4.05. The van der Waals surface area contributed by atoms with Crippen LogP contribution in [0.25, 0.3) is 5.95 Å². The van der Waals surface area contributed by atoms with Gasteiger partial charge in [0, 0.05) is 5.69 Å². The third-order valence-electron chi connectivity index (χ3n) is 3.71. The van der Waals surface area contributed by atoms with E-state index in [2.05, 4.69) is 20.6 Å². The quantitative estimate of drug-likeness (QED) is 0.480. The Balaban J connectivity index is 1.74. The molecule has 0 spiro atoms. The highest BCUT2D eigenvalue weighted by atomic mass is 35.5. The SMILES string of the molecule is Cc1cc(C)n(-c2nnc(SC(C)C(=O)Nc3cccc(Cl)c3Cl)n2N)n1. The van der Waals surface area contributed by atoms with Gasteiger partial charge in [-0.1, -0.05) is 41.0 Å². The Morgan fingerprint density at radius 1 is 1.30 bits per heavy atom. The Morgan fingerprint density at radius 2 is 2.04 bits per heavy atom. The molecule has 1 amide bonds. The maximum absolute atomic E-state index is 12.5. The Kier molecular flexibility index (Phi) is 5.64. The summed E-state index contributed by atoms with van der Waals surface area (Å²) in [5.74, 6) is 6.20. The van der Waals surface area contributed by atoms with Gasteiger partial charge in [-0.05, 0) is 39.0 Å². The number of aryl methyl sites for hydroxylation is 2. The van der Waals surface area contributed by atoms with E-state index < -0.39 is 5.25 Å². The van der Waals surface area contributed by atoms with E-state index in [1.54, 1.807) is 29.8 Å². The molecule has 0 aliphatic heterocycles. The molecule has 3 rings (SSSR count). The van der Waals surface area contributed by atoms with Crippen molar-refractivity contribution in [2.75, 3.05) is 11.2 Å². The minimum absolute atomic E-state index is 0.264. The Bertz CT molecular complexity index is 1000. The van der Waals surface area contributed by atoms with E-state index in [1.807, 2.05) is 19.9 Å². The number of halogens is 2. The summed E-state index contributed by atoms with van der Waals surface area (Å²) in [6, 6.07) is 6.94. The van der Waals surface area contributed by atoms with E-state index in [0.29, 0.717) is 26.8 Å². The molecule has 3 aromatic rings. The van der Waals surface area contributed by atoms with Crippen LogP contribution < -0.4 is 11.2 Å². The number of hydrogen-bond donors (Lipinski definition) is 2. The fraction of sp³-hybridized carbons (Fsp3) is 0.250. The standard InChI is InChI=1S/C16H17Cl2N7OS/c1-8-7-9(2)25(23-8)15-21-22-16(24(15)19)27-10(3)14(26)20-12-6-4-5-11(17)13(12)18/h4-7,10H,19H2,1-3H3,(H,20,26). The van der Waals surface area contributed by atoms with Crippen LogP contribution in [0.4, 0.5) is 5.69 Å². The molecule has 0 bridgehead atoms. The van der Waals surface area contributed by atoms with Crippen molar-refractivity contribution in [1.82, 2.24) is 24.7 Å². The van der Waals surface area contributed by atoms with E-state index >= 15 is 0 Å². The van der Waals surface area contributed by atoms with E-state index in [4.69, 9.17) is 29.0 Å². The van der Waals surface area contributed by atoms with Crippen molar-refractivity contribution < 1.29 is 4.79 Å². The minimum atomic E-state index is -0.500. The van der Waals surface area contributed by atoms with Gasteiger partial charge in [-0.3, -0.25) is 4.79 Å². The molecular formula is C16H17Cl2N7OS. The highest BCUT2D eigenvalue weighted by Gasteiger charge is 2.21. The summed E-state index contributed by atoms with van der Waals surface area (Å²) in [7, 11) is 0. The van der Waals surface area contributed by atoms with E-state index in [-0.39, 0.29) is 5.91 Å². The Hall–Kier alpha value is -2.23. The highest BCUT2D eigenvalue weighted by Crippen LogP contribution is 2.30. The summed E-state index contributed by atoms with van der Waals surface area (Å²) in [6.07, 6.45) is 0. The summed E-state index contributed by atoms with van der Waals surface area (Å²) in [4.78, 5) is 12.5. The van der Waals surface area contributed by atoms with Crippen molar-refractivity contribution in [3.8, 4) is 5.95 Å². The first-order valence-electron chi connectivity index (χ1n) is 7.93. The average molecular weight is 426 g/mol. The fourth-order valence-electron chi connectivity index (χ4n) is 2.37. The van der Waals surface area contributed by atoms with Gasteiger partial charge in [-0.15, -0.1) is 10.2 Å². The Morgan fingerprint density at radius 3 is 2.70 bits per heavy atom. The van der Waals surface area contributed by atoms with Crippen molar-refractivity contribution in [3.63, 3.8) is 0 Å². The van der Waals surface area contributed by atoms with Gasteiger partial charge in [0.25, 0.3) is 5.95 Å². The Labute approximate surface area is 170 Å². The molecule has 8 nitrogen and oxygen atoms in total. The molecule has 3 N–H and O–H groups in total. The molecule has 2 aromatic heterocycles. The lowest BCUT2D eigenvalue weighted by Crippen LogP contribution is -2.24. The van der Waals surface area contributed by atoms with Crippen LogP contribution in [-0.4, -0.2) is 35.8 Å². The lowest BCUT2D eigenvalue weighted by molar-refractivity contribution is -0.115. The number of anilines is 1. The maximum atomic E-state index is 12.5. The number of nitrogens with one attached hydrogen (secondary N) is 1. The minimum Gasteiger partial charge on any atom is -0.334 e. The zero-order valence-corrected chi connectivity index (χ0v) is 17.1. The number of benzene rings is 1. The first-order chi connectivity index (χ1) is 12.8. The summed E-state index contributed by atoms with van der Waals surface area (Å²) in [6.45, 7) is 5.51. The summed E-state index contributed by atoms with van der Waals surface area (Å²) >= 11 is 13.2. The molecule has 0 aliphatic carbocycles. The number of nitrogen functional groups attached to an aromatic ring is 1. The van der Waals surface area contributed by atoms with Crippen molar-refractivity contribution in [2.45, 2.75) is 31.2 Å². The molecule has 11 heteroatoms. The number of hydrogen-bond acceptors (Lipinski definition) is 6. The zero-order valence-electron chi connectivity index (χ0n) is 14.8. The molecule has 1 aromatic carbocycles. The first kappa shape index (κ1) is 19.5. The number of aromatic nitrogens is 5. The fourth-order valence-corrected chi connectivity index (χ4v) is 3.49. The van der Waals surface area contributed by atoms with Gasteiger partial charge in [0.1, 0.15) is 0 Å². The predicted molar refractivity (Wildman–Crippen MR) is 107 cm³/mol. The molecule has 0 radical (unpaired) electrons. The van der Waals surface area contributed by atoms with Crippen LogP contribution in [0.3, 0.4) is 0 Å². The predicted octanol–water partition coefficient (Wildman–Crippen LogP) is 3.22. The lowest BCUT2D eigenvalue weighted by atomic mass is 10.3. The van der Waals surface area contributed by atoms with Crippen molar-refractivity contribution in [2.24, 2.45) is 0 Å². The van der Waals surface area contributed by atoms with Gasteiger partial charge >= 0.3 is 0 Å². The second-order valence-corrected chi connectivity index (χ2v) is 7.94. The lowest BCUT2D eigenvalue weighted by Gasteiger charge is -2.13. The van der Waals surface area contributed by atoms with Gasteiger partial charge < -0.3 is 11.2 Å². The van der Waals surface area contributed by atoms with Gasteiger partial charge in [0.2, 0.25) is 11.1 Å². The molecule has 1 atom stereocenters. The number of nitrogens with zero attached hydrogens (tertiary/aromatic N) is 5. The average Bonchev–Trinajstić information content (AvgIpc) is 3.13. The van der Waals surface area contributed by atoms with Crippen LogP contribution in [0.2, 0.25) is 10.0 Å². The van der Waals surface area contributed by atoms with Crippen LogP contribution in [0, 0.1) is 13.8 Å². The summed E-state index contributed by atoms with van der Waals surface area (Å²) < 4.78 is 2.91. The number of amides is 1. The van der Waals surface area contributed by atoms with E-state index in [9.17, 15) is 4.79 Å². The number of nitrogens with two attached hydrogens (primary N) is 1. The van der Waals surface area contributed by atoms with Gasteiger partial charge in [-0.25, -0.2) is 9.36 Å². The van der Waals surface area contributed by atoms with Gasteiger partial charge in [0.05, 0.1) is 26.7 Å². The number of carbonyl (C=O) groups is 1. The van der Waals surface area contributed by atoms with E-state index in [1.165, 1.54) is 16.4 Å². The van der Waals surface area contributed by atoms with Crippen LogP contribution in [0.1, 0.15) is 18.3 Å². The number of rotatable bonds is 5. The molecular weight excluding hydrogens is 409 g/mol. The summed E-state index contributed by atoms with van der Waals surface area (Å²) in [5.41, 5.74) is 2.17. The smallest absolute Gasteiger partial charge is 0.271 e. The van der Waals surface area contributed by atoms with Crippen LogP contribution in [-0.2, 0) is 4.79 Å². The second-order valence-electron chi connectivity index (χ2n) is 5.84. The molecule has 1 unspecified atom stereocenters. The molecule has 2 heterocycles. The monoisotopic (exact) mass is 425 g/mol. The molecule has 27 heavy (non-hydrogen) atoms. The highest BCUT2D eigenvalue weighted by molar-refractivity contribution is 8.00. The molecule has 0 aliphatic rings. The zero-order chi connectivity index (χ0) is 19.7. The van der Waals surface area contributed by atoms with Crippen molar-refractivity contribution >= 4 is 46.6 Å². The maximum Gasteiger partial charge on any atom is 0.271 e. The van der Waals surface area contributed by atoms with Crippen LogP contribution in [0.15, 0.2) is 29.4 Å². The number of thioether (sulfide) groups is 1.